The molecule has 4 nitrogen and oxygen atoms in total. The maximum atomic E-state index is 11.4. The molecule has 5 heteroatoms. The Kier molecular flexibility index (Phi) is 4.03. The molecule has 3 N–H and O–H groups in total. The van der Waals surface area contributed by atoms with Crippen molar-refractivity contribution in [1.29, 1.82) is 0 Å². The predicted molar refractivity (Wildman–Crippen MR) is 56.8 cm³/mol. The van der Waals surface area contributed by atoms with Crippen molar-refractivity contribution in [1.82, 2.24) is 10.3 Å². The lowest BCUT2D eigenvalue weighted by molar-refractivity contribution is -0.123. The van der Waals surface area contributed by atoms with Gasteiger partial charge in [0.15, 0.2) is 0 Å². The number of hydrogen-bond acceptors (Lipinski definition) is 4. The Morgan fingerprint density at radius 1 is 1.71 bits per heavy atom. The maximum absolute atomic E-state index is 11.4. The molecule has 0 radical (unpaired) electrons. The summed E-state index contributed by atoms with van der Waals surface area (Å²) >= 11 is 1.52. The molecule has 1 aromatic rings. The standard InChI is InChI=1S/C9H15N3OS/c1-6(2)8(10)9(13)12-5-7-11-3-4-14-7/h3-4,6,8H,5,10H2,1-2H3,(H,12,13)/t8-/m0/s1. The summed E-state index contributed by atoms with van der Waals surface area (Å²) in [5.74, 6) is 0.0431. The Balaban J connectivity index is 2.35. The van der Waals surface area contributed by atoms with Crippen LogP contribution in [0.5, 0.6) is 0 Å². The molecule has 0 spiro atoms. The van der Waals surface area contributed by atoms with Crippen molar-refractivity contribution in [3.63, 3.8) is 0 Å². The molecule has 0 fully saturated rings. The van der Waals surface area contributed by atoms with Crippen molar-refractivity contribution in [2.75, 3.05) is 0 Å². The van der Waals surface area contributed by atoms with E-state index in [1.54, 1.807) is 6.20 Å². The molecule has 14 heavy (non-hydrogen) atoms. The molecule has 1 aromatic heterocycles. The van der Waals surface area contributed by atoms with E-state index in [-0.39, 0.29) is 11.8 Å². The predicted octanol–water partition coefficient (Wildman–Crippen LogP) is 0.743. The molecule has 0 unspecified atom stereocenters. The number of carbonyl (C=O) groups excluding carboxylic acids is 1. The Morgan fingerprint density at radius 2 is 2.43 bits per heavy atom. The summed E-state index contributed by atoms with van der Waals surface area (Å²) in [5.41, 5.74) is 5.67. The normalized spacial score (nSPS) is 12.9. The zero-order chi connectivity index (χ0) is 10.6. The second kappa shape index (κ2) is 5.07. The van der Waals surface area contributed by atoms with Gasteiger partial charge in [0.2, 0.25) is 5.91 Å². The number of thiazole rings is 1. The molecule has 78 valence electrons. The lowest BCUT2D eigenvalue weighted by atomic mass is 10.1. The molecular formula is C9H15N3OS. The largest absolute Gasteiger partial charge is 0.348 e. The first kappa shape index (κ1) is 11.1. The third kappa shape index (κ3) is 3.08. The molecule has 0 aromatic carbocycles. The van der Waals surface area contributed by atoms with Crippen LogP contribution in [0.3, 0.4) is 0 Å². The highest BCUT2D eigenvalue weighted by atomic mass is 32.1. The summed E-state index contributed by atoms with van der Waals surface area (Å²) in [6.45, 7) is 4.32. The number of nitrogens with one attached hydrogen (secondary N) is 1. The first-order valence-corrected chi connectivity index (χ1v) is 5.41. The van der Waals surface area contributed by atoms with E-state index in [2.05, 4.69) is 10.3 Å². The van der Waals surface area contributed by atoms with E-state index in [0.29, 0.717) is 6.54 Å². The maximum Gasteiger partial charge on any atom is 0.237 e. The van der Waals surface area contributed by atoms with Gasteiger partial charge < -0.3 is 11.1 Å². The molecule has 1 rings (SSSR count). The first-order chi connectivity index (χ1) is 6.61. The van der Waals surface area contributed by atoms with Gasteiger partial charge in [-0.25, -0.2) is 4.98 Å². The van der Waals surface area contributed by atoms with E-state index in [1.807, 2.05) is 19.2 Å². The lowest BCUT2D eigenvalue weighted by Crippen LogP contribution is -2.43. The monoisotopic (exact) mass is 213 g/mol. The quantitative estimate of drug-likeness (QED) is 0.775. The molecule has 0 bridgehead atoms. The second-order valence-corrected chi connectivity index (χ2v) is 4.39. The number of nitrogens with two attached hydrogens (primary N) is 1. The van der Waals surface area contributed by atoms with Crippen LogP contribution in [0.1, 0.15) is 18.9 Å². The van der Waals surface area contributed by atoms with Crippen molar-refractivity contribution >= 4 is 17.2 Å². The zero-order valence-corrected chi connectivity index (χ0v) is 9.17. The summed E-state index contributed by atoms with van der Waals surface area (Å²) in [6, 6.07) is -0.435. The van der Waals surface area contributed by atoms with Crippen LogP contribution in [0.25, 0.3) is 0 Å². The van der Waals surface area contributed by atoms with Gasteiger partial charge in [-0.05, 0) is 5.92 Å². The molecule has 0 aliphatic carbocycles. The van der Waals surface area contributed by atoms with Gasteiger partial charge in [0.1, 0.15) is 5.01 Å². The SMILES string of the molecule is CC(C)[C@H](N)C(=O)NCc1nccs1. The minimum Gasteiger partial charge on any atom is -0.348 e. The Bertz CT molecular complexity index is 284. The van der Waals surface area contributed by atoms with E-state index in [1.165, 1.54) is 11.3 Å². The molecule has 1 amide bonds. The lowest BCUT2D eigenvalue weighted by Gasteiger charge is -2.14. The molecule has 1 heterocycles. The summed E-state index contributed by atoms with van der Waals surface area (Å²) in [6.07, 6.45) is 1.72. The van der Waals surface area contributed by atoms with Gasteiger partial charge in [-0.2, -0.15) is 0 Å². The fraction of sp³-hybridized carbons (Fsp3) is 0.556. The van der Waals surface area contributed by atoms with Gasteiger partial charge in [-0.1, -0.05) is 13.8 Å². The number of carbonyl (C=O) groups is 1. The highest BCUT2D eigenvalue weighted by molar-refractivity contribution is 7.09. The molecule has 1 atom stereocenters. The van der Waals surface area contributed by atoms with Gasteiger partial charge >= 0.3 is 0 Å². The van der Waals surface area contributed by atoms with Crippen molar-refractivity contribution in [2.45, 2.75) is 26.4 Å². The average molecular weight is 213 g/mol. The van der Waals surface area contributed by atoms with Crippen molar-refractivity contribution < 1.29 is 4.79 Å². The third-order valence-corrected chi connectivity index (χ3v) is 2.70. The average Bonchev–Trinajstić information content (AvgIpc) is 2.65. The van der Waals surface area contributed by atoms with Crippen LogP contribution in [0.15, 0.2) is 11.6 Å². The van der Waals surface area contributed by atoms with Gasteiger partial charge in [0, 0.05) is 11.6 Å². The van der Waals surface area contributed by atoms with Crippen LogP contribution in [-0.4, -0.2) is 16.9 Å². The molecule has 0 saturated carbocycles. The zero-order valence-electron chi connectivity index (χ0n) is 8.36. The molecular weight excluding hydrogens is 198 g/mol. The molecule has 0 aliphatic rings. The van der Waals surface area contributed by atoms with Crippen molar-refractivity contribution in [3.8, 4) is 0 Å². The summed E-state index contributed by atoms with van der Waals surface area (Å²) in [5, 5.41) is 5.53. The van der Waals surface area contributed by atoms with E-state index in [0.717, 1.165) is 5.01 Å². The van der Waals surface area contributed by atoms with Gasteiger partial charge in [-0.15, -0.1) is 11.3 Å². The van der Waals surface area contributed by atoms with Gasteiger partial charge in [0.05, 0.1) is 12.6 Å². The van der Waals surface area contributed by atoms with Crippen molar-refractivity contribution in [3.05, 3.63) is 16.6 Å². The number of amides is 1. The van der Waals surface area contributed by atoms with Crippen LogP contribution >= 0.6 is 11.3 Å². The Hall–Kier alpha value is -0.940. The van der Waals surface area contributed by atoms with E-state index >= 15 is 0 Å². The van der Waals surface area contributed by atoms with E-state index < -0.39 is 6.04 Å². The second-order valence-electron chi connectivity index (χ2n) is 3.41. The van der Waals surface area contributed by atoms with Gasteiger partial charge in [-0.3, -0.25) is 4.79 Å². The Morgan fingerprint density at radius 3 is 2.93 bits per heavy atom. The fourth-order valence-electron chi connectivity index (χ4n) is 0.924. The minimum absolute atomic E-state index is 0.116. The van der Waals surface area contributed by atoms with Gasteiger partial charge in [0.25, 0.3) is 0 Å². The van der Waals surface area contributed by atoms with E-state index in [9.17, 15) is 4.79 Å². The summed E-state index contributed by atoms with van der Waals surface area (Å²) < 4.78 is 0. The van der Waals surface area contributed by atoms with Crippen LogP contribution in [0.4, 0.5) is 0 Å². The summed E-state index contributed by atoms with van der Waals surface area (Å²) in [7, 11) is 0. The number of nitrogens with zero attached hydrogens (tertiary/aromatic N) is 1. The Labute approximate surface area is 87.5 Å². The smallest absolute Gasteiger partial charge is 0.237 e. The molecule has 0 saturated heterocycles. The number of aromatic nitrogens is 1. The highest BCUT2D eigenvalue weighted by Gasteiger charge is 2.16. The molecule has 0 aliphatic heterocycles. The fourth-order valence-corrected chi connectivity index (χ4v) is 1.48. The van der Waals surface area contributed by atoms with Crippen LogP contribution in [0.2, 0.25) is 0 Å². The van der Waals surface area contributed by atoms with Crippen molar-refractivity contribution in [2.24, 2.45) is 11.7 Å². The number of hydrogen-bond donors (Lipinski definition) is 2. The number of rotatable bonds is 4. The van der Waals surface area contributed by atoms with Crippen LogP contribution in [0, 0.1) is 5.92 Å². The summed E-state index contributed by atoms with van der Waals surface area (Å²) in [4.78, 5) is 15.5. The first-order valence-electron chi connectivity index (χ1n) is 4.53. The third-order valence-electron chi connectivity index (χ3n) is 1.92. The van der Waals surface area contributed by atoms with Crippen LogP contribution < -0.4 is 11.1 Å². The topological polar surface area (TPSA) is 68.0 Å². The van der Waals surface area contributed by atoms with E-state index in [4.69, 9.17) is 5.73 Å². The highest BCUT2D eigenvalue weighted by Crippen LogP contribution is 2.03. The van der Waals surface area contributed by atoms with Crippen LogP contribution in [-0.2, 0) is 11.3 Å². The minimum atomic E-state index is -0.435.